The van der Waals surface area contributed by atoms with Gasteiger partial charge in [0.25, 0.3) is 0 Å². The molecule has 0 saturated carbocycles. The van der Waals surface area contributed by atoms with Crippen molar-refractivity contribution in [1.82, 2.24) is 0 Å². The van der Waals surface area contributed by atoms with Crippen molar-refractivity contribution in [1.29, 1.82) is 5.41 Å². The summed E-state index contributed by atoms with van der Waals surface area (Å²) in [6.45, 7) is 5.48. The molecule has 0 spiro atoms. The molecule has 0 aromatic rings. The second-order valence-electron chi connectivity index (χ2n) is 3.12. The molecule has 0 aliphatic heterocycles. The van der Waals surface area contributed by atoms with E-state index in [-0.39, 0.29) is 29.6 Å². The second kappa shape index (κ2) is 5.26. The zero-order chi connectivity index (χ0) is 11.3. The van der Waals surface area contributed by atoms with E-state index < -0.39 is 5.97 Å². The molecule has 0 fully saturated rings. The van der Waals surface area contributed by atoms with Crippen LogP contribution < -0.4 is 11.5 Å². The monoisotopic (exact) mass is 199 g/mol. The number of carbonyl (C=O) groups excluding carboxylic acids is 1. The van der Waals surface area contributed by atoms with Crippen molar-refractivity contribution < 1.29 is 9.53 Å². The van der Waals surface area contributed by atoms with Crippen LogP contribution in [0.3, 0.4) is 0 Å². The summed E-state index contributed by atoms with van der Waals surface area (Å²) in [6.07, 6.45) is 0. The fourth-order valence-corrected chi connectivity index (χ4v) is 0.875. The summed E-state index contributed by atoms with van der Waals surface area (Å²) < 4.78 is 4.74. The molecule has 0 rings (SSSR count). The maximum atomic E-state index is 11.3. The Kier molecular flexibility index (Phi) is 4.69. The molecule has 0 amide bonds. The lowest BCUT2D eigenvalue weighted by Crippen LogP contribution is -2.27. The van der Waals surface area contributed by atoms with Gasteiger partial charge in [0, 0.05) is 0 Å². The van der Waals surface area contributed by atoms with Crippen LogP contribution in [-0.4, -0.2) is 18.3 Å². The van der Waals surface area contributed by atoms with E-state index in [4.69, 9.17) is 21.6 Å². The molecule has 0 saturated heterocycles. The van der Waals surface area contributed by atoms with Gasteiger partial charge in [-0.2, -0.15) is 0 Å². The van der Waals surface area contributed by atoms with E-state index in [9.17, 15) is 4.79 Å². The van der Waals surface area contributed by atoms with E-state index in [0.717, 1.165) is 0 Å². The highest BCUT2D eigenvalue weighted by molar-refractivity contribution is 6.19. The fourth-order valence-electron chi connectivity index (χ4n) is 0.875. The summed E-state index contributed by atoms with van der Waals surface area (Å²) in [4.78, 5) is 11.3. The minimum atomic E-state index is -0.633. The average Bonchev–Trinajstić information content (AvgIpc) is 2.03. The van der Waals surface area contributed by atoms with E-state index >= 15 is 0 Å². The molecule has 0 aliphatic carbocycles. The lowest BCUT2D eigenvalue weighted by atomic mass is 10.0. The van der Waals surface area contributed by atoms with Crippen LogP contribution in [0.5, 0.6) is 0 Å². The molecular formula is C9H17N3O2. The van der Waals surface area contributed by atoms with E-state index in [1.807, 2.05) is 0 Å². The molecule has 0 heterocycles. The van der Waals surface area contributed by atoms with E-state index in [0.29, 0.717) is 0 Å². The number of carbonyl (C=O) groups is 1. The molecular weight excluding hydrogens is 182 g/mol. The van der Waals surface area contributed by atoms with Gasteiger partial charge in [-0.1, -0.05) is 13.8 Å². The van der Waals surface area contributed by atoms with Crippen LogP contribution in [0.1, 0.15) is 20.8 Å². The molecule has 0 atom stereocenters. The Morgan fingerprint density at radius 3 is 2.21 bits per heavy atom. The minimum Gasteiger partial charge on any atom is -0.462 e. The first-order chi connectivity index (χ1) is 6.41. The Morgan fingerprint density at radius 1 is 1.43 bits per heavy atom. The number of nitrogens with one attached hydrogen (secondary N) is 1. The maximum Gasteiger partial charge on any atom is 0.343 e. The average molecular weight is 199 g/mol. The quantitative estimate of drug-likeness (QED) is 0.345. The van der Waals surface area contributed by atoms with Crippen molar-refractivity contribution in [3.8, 4) is 0 Å². The summed E-state index contributed by atoms with van der Waals surface area (Å²) in [6, 6.07) is 0. The van der Waals surface area contributed by atoms with Gasteiger partial charge in [-0.3, -0.25) is 0 Å². The highest BCUT2D eigenvalue weighted by atomic mass is 16.5. The molecule has 5 heteroatoms. The Morgan fingerprint density at radius 2 is 1.93 bits per heavy atom. The van der Waals surface area contributed by atoms with Crippen LogP contribution in [-0.2, 0) is 9.53 Å². The van der Waals surface area contributed by atoms with Gasteiger partial charge in [0.2, 0.25) is 0 Å². The summed E-state index contributed by atoms with van der Waals surface area (Å²) in [5.74, 6) is -0.912. The predicted octanol–water partition coefficient (Wildman–Crippen LogP) is 0.354. The number of rotatable bonds is 4. The van der Waals surface area contributed by atoms with Crippen LogP contribution in [0.25, 0.3) is 0 Å². The molecule has 14 heavy (non-hydrogen) atoms. The third-order valence-corrected chi connectivity index (χ3v) is 1.61. The fraction of sp³-hybridized carbons (Fsp3) is 0.556. The van der Waals surface area contributed by atoms with Crippen molar-refractivity contribution in [2.24, 2.45) is 17.4 Å². The molecule has 5 nitrogen and oxygen atoms in total. The predicted molar refractivity (Wildman–Crippen MR) is 54.6 cm³/mol. The number of nitrogens with two attached hydrogens (primary N) is 2. The van der Waals surface area contributed by atoms with Gasteiger partial charge >= 0.3 is 5.97 Å². The van der Waals surface area contributed by atoms with Crippen LogP contribution in [0.2, 0.25) is 0 Å². The van der Waals surface area contributed by atoms with Crippen LogP contribution in [0.15, 0.2) is 11.4 Å². The number of hydrogen-bond donors (Lipinski definition) is 3. The highest BCUT2D eigenvalue weighted by Gasteiger charge is 2.21. The van der Waals surface area contributed by atoms with E-state index in [1.54, 1.807) is 20.8 Å². The van der Waals surface area contributed by atoms with Crippen LogP contribution in [0, 0.1) is 11.3 Å². The Labute approximate surface area is 83.6 Å². The topological polar surface area (TPSA) is 102 Å². The van der Waals surface area contributed by atoms with E-state index in [2.05, 4.69) is 0 Å². The molecule has 0 radical (unpaired) electrons. The van der Waals surface area contributed by atoms with Gasteiger partial charge in [-0.25, -0.2) is 4.79 Å². The highest BCUT2D eigenvalue weighted by Crippen LogP contribution is 2.09. The van der Waals surface area contributed by atoms with Crippen LogP contribution >= 0.6 is 0 Å². The number of hydrogen-bond acceptors (Lipinski definition) is 5. The van der Waals surface area contributed by atoms with E-state index in [1.165, 1.54) is 0 Å². The molecule has 80 valence electrons. The summed E-state index contributed by atoms with van der Waals surface area (Å²) >= 11 is 0. The third kappa shape index (κ3) is 3.08. The molecule has 0 unspecified atom stereocenters. The first-order valence-corrected chi connectivity index (χ1v) is 4.42. The molecule has 0 bridgehead atoms. The molecule has 5 N–H and O–H groups in total. The molecule has 0 aromatic heterocycles. The molecule has 0 aromatic carbocycles. The zero-order valence-electron chi connectivity index (χ0n) is 8.76. The number of ether oxygens (including phenoxy) is 1. The minimum absolute atomic E-state index is 0.0261. The first-order valence-electron chi connectivity index (χ1n) is 4.42. The van der Waals surface area contributed by atoms with Crippen LogP contribution in [0.4, 0.5) is 0 Å². The summed E-state index contributed by atoms with van der Waals surface area (Å²) in [5, 5.41) is 7.62. The standard InChI is InChI=1S/C9H17N3O2/c1-4-14-9(13)6(8(11)12)7(10)5(2)3/h5,10H,4,11-12H2,1-3H3. The zero-order valence-corrected chi connectivity index (χ0v) is 8.76. The SMILES string of the molecule is CCOC(=O)C(C(=N)C(C)C)=C(N)N. The van der Waals surface area contributed by atoms with Gasteiger partial charge in [-0.05, 0) is 12.8 Å². The third-order valence-electron chi connectivity index (χ3n) is 1.61. The van der Waals surface area contributed by atoms with Crippen molar-refractivity contribution >= 4 is 11.7 Å². The van der Waals surface area contributed by atoms with Crippen molar-refractivity contribution in [2.75, 3.05) is 6.61 Å². The first kappa shape index (κ1) is 12.5. The van der Waals surface area contributed by atoms with Crippen molar-refractivity contribution in [3.05, 3.63) is 11.4 Å². The number of esters is 1. The summed E-state index contributed by atoms with van der Waals surface area (Å²) in [7, 11) is 0. The van der Waals surface area contributed by atoms with Gasteiger partial charge in [0.15, 0.2) is 0 Å². The smallest absolute Gasteiger partial charge is 0.343 e. The Bertz CT molecular complexity index is 265. The Balaban J connectivity index is 4.91. The van der Waals surface area contributed by atoms with Crippen molar-refractivity contribution in [2.45, 2.75) is 20.8 Å². The molecule has 0 aliphatic rings. The van der Waals surface area contributed by atoms with Gasteiger partial charge in [-0.15, -0.1) is 0 Å². The Hall–Kier alpha value is -1.52. The normalized spacial score (nSPS) is 9.71. The van der Waals surface area contributed by atoms with Gasteiger partial charge < -0.3 is 21.6 Å². The van der Waals surface area contributed by atoms with Crippen molar-refractivity contribution in [3.63, 3.8) is 0 Å². The second-order valence-corrected chi connectivity index (χ2v) is 3.12. The maximum absolute atomic E-state index is 11.3. The van der Waals surface area contributed by atoms with Gasteiger partial charge in [0.05, 0.1) is 12.3 Å². The largest absolute Gasteiger partial charge is 0.462 e. The van der Waals surface area contributed by atoms with Gasteiger partial charge in [0.1, 0.15) is 11.4 Å². The summed E-state index contributed by atoms with van der Waals surface area (Å²) in [5.41, 5.74) is 10.7. The lowest BCUT2D eigenvalue weighted by molar-refractivity contribution is -0.137. The lowest BCUT2D eigenvalue weighted by Gasteiger charge is -2.12.